The van der Waals surface area contributed by atoms with Crippen LogP contribution in [0.15, 0.2) is 59.1 Å². The van der Waals surface area contributed by atoms with Gasteiger partial charge in [-0.15, -0.1) is 0 Å². The highest BCUT2D eigenvalue weighted by Gasteiger charge is 2.19. The van der Waals surface area contributed by atoms with E-state index in [1.165, 1.54) is 0 Å². The van der Waals surface area contributed by atoms with Gasteiger partial charge in [-0.2, -0.15) is 0 Å². The van der Waals surface area contributed by atoms with Crippen LogP contribution in [0.25, 0.3) is 0 Å². The molecule has 0 aliphatic carbocycles. The molecule has 0 fully saturated rings. The molecule has 6 nitrogen and oxygen atoms in total. The molecule has 2 N–H and O–H groups in total. The first-order valence-electron chi connectivity index (χ1n) is 7.99. The highest BCUT2D eigenvalue weighted by atomic mass is 32.1. The maximum Gasteiger partial charge on any atom is 0.179 e. The minimum absolute atomic E-state index is 0.151. The number of rotatable bonds is 5. The van der Waals surface area contributed by atoms with Gasteiger partial charge in [-0.1, -0.05) is 23.4 Å². The molecule has 1 heterocycles. The molecule has 134 valence electrons. The van der Waals surface area contributed by atoms with E-state index in [1.807, 2.05) is 37.3 Å². The van der Waals surface area contributed by atoms with Gasteiger partial charge < -0.3 is 19.7 Å². The van der Waals surface area contributed by atoms with E-state index < -0.39 is 0 Å². The summed E-state index contributed by atoms with van der Waals surface area (Å²) < 4.78 is 10.4. The van der Waals surface area contributed by atoms with E-state index in [0.29, 0.717) is 34.5 Å². The number of nitrogens with zero attached hydrogens (tertiary/aromatic N) is 2. The number of aryl methyl sites for hydroxylation is 1. The van der Waals surface area contributed by atoms with Gasteiger partial charge in [0.05, 0.1) is 13.7 Å². The first kappa shape index (κ1) is 17.8. The molecule has 0 radical (unpaired) electrons. The standard InChI is InChI=1S/C19H19N3O3S/c1-13-10-18(21-25-13)22(19(26)20-15-6-4-3-5-7-15)12-14-11-16(24-2)8-9-17(14)23/h3-11,23H,12H2,1-2H3,(H,20,26). The van der Waals surface area contributed by atoms with Crippen molar-refractivity contribution in [2.45, 2.75) is 13.5 Å². The van der Waals surface area contributed by atoms with Crippen LogP contribution in [-0.4, -0.2) is 22.5 Å². The highest BCUT2D eigenvalue weighted by Crippen LogP contribution is 2.27. The van der Waals surface area contributed by atoms with Crippen LogP contribution in [-0.2, 0) is 6.54 Å². The van der Waals surface area contributed by atoms with E-state index in [0.717, 1.165) is 5.69 Å². The summed E-state index contributed by atoms with van der Waals surface area (Å²) in [5.41, 5.74) is 1.51. The molecular weight excluding hydrogens is 350 g/mol. The number of nitrogens with one attached hydrogen (secondary N) is 1. The molecule has 0 atom stereocenters. The number of thiocarbonyl (C=S) groups is 1. The first-order chi connectivity index (χ1) is 12.6. The smallest absolute Gasteiger partial charge is 0.179 e. The summed E-state index contributed by atoms with van der Waals surface area (Å²) in [4.78, 5) is 1.76. The van der Waals surface area contributed by atoms with Gasteiger partial charge in [-0.05, 0) is 49.5 Å². The van der Waals surface area contributed by atoms with Gasteiger partial charge in [-0.25, -0.2) is 0 Å². The van der Waals surface area contributed by atoms with E-state index in [2.05, 4.69) is 10.5 Å². The fraction of sp³-hybridized carbons (Fsp3) is 0.158. The lowest BCUT2D eigenvalue weighted by atomic mass is 10.1. The molecular formula is C19H19N3O3S. The number of ether oxygens (including phenoxy) is 1. The van der Waals surface area contributed by atoms with Gasteiger partial charge in [0, 0.05) is 17.3 Å². The van der Waals surface area contributed by atoms with Crippen LogP contribution in [0.5, 0.6) is 11.5 Å². The average Bonchev–Trinajstić information content (AvgIpc) is 3.07. The summed E-state index contributed by atoms with van der Waals surface area (Å²) in [6.45, 7) is 2.11. The molecule has 0 saturated carbocycles. The predicted molar refractivity (Wildman–Crippen MR) is 105 cm³/mol. The highest BCUT2D eigenvalue weighted by molar-refractivity contribution is 7.80. The molecule has 2 aromatic carbocycles. The number of aromatic hydroxyl groups is 1. The zero-order chi connectivity index (χ0) is 18.5. The third-order valence-corrected chi connectivity index (χ3v) is 4.10. The van der Waals surface area contributed by atoms with Crippen LogP contribution in [0, 0.1) is 6.92 Å². The Bertz CT molecular complexity index is 896. The third-order valence-electron chi connectivity index (χ3n) is 3.78. The fourth-order valence-electron chi connectivity index (χ4n) is 2.44. The molecule has 0 bridgehead atoms. The van der Waals surface area contributed by atoms with Crippen LogP contribution >= 0.6 is 12.2 Å². The molecule has 3 aromatic rings. The SMILES string of the molecule is COc1ccc(O)c(CN(C(=S)Nc2ccccc2)c2cc(C)on2)c1. The van der Waals surface area contributed by atoms with E-state index in [9.17, 15) is 5.11 Å². The Morgan fingerprint density at radius 2 is 2.00 bits per heavy atom. The maximum absolute atomic E-state index is 10.2. The molecule has 26 heavy (non-hydrogen) atoms. The Balaban J connectivity index is 1.90. The summed E-state index contributed by atoms with van der Waals surface area (Å²) in [6.07, 6.45) is 0. The summed E-state index contributed by atoms with van der Waals surface area (Å²) >= 11 is 5.57. The first-order valence-corrected chi connectivity index (χ1v) is 8.40. The van der Waals surface area contributed by atoms with Gasteiger partial charge >= 0.3 is 0 Å². The van der Waals surface area contributed by atoms with Crippen molar-refractivity contribution in [1.29, 1.82) is 0 Å². The Hall–Kier alpha value is -3.06. The Labute approximate surface area is 157 Å². The van der Waals surface area contributed by atoms with E-state index >= 15 is 0 Å². The maximum atomic E-state index is 10.2. The van der Waals surface area contributed by atoms with Gasteiger partial charge in [0.2, 0.25) is 0 Å². The topological polar surface area (TPSA) is 70.8 Å². The minimum atomic E-state index is 0.151. The second-order valence-corrected chi connectivity index (χ2v) is 6.06. The fourth-order valence-corrected chi connectivity index (χ4v) is 2.71. The monoisotopic (exact) mass is 369 g/mol. The van der Waals surface area contributed by atoms with Crippen LogP contribution in [0.3, 0.4) is 0 Å². The molecule has 0 aliphatic rings. The van der Waals surface area contributed by atoms with Crippen molar-refractivity contribution in [2.75, 3.05) is 17.3 Å². The molecule has 0 aliphatic heterocycles. The predicted octanol–water partition coefficient (Wildman–Crippen LogP) is 4.10. The van der Waals surface area contributed by atoms with Crippen molar-refractivity contribution in [3.05, 3.63) is 65.9 Å². The number of methoxy groups -OCH3 is 1. The quantitative estimate of drug-likeness (QED) is 0.656. The van der Waals surface area contributed by atoms with Crippen LogP contribution in [0.4, 0.5) is 11.5 Å². The van der Waals surface area contributed by atoms with Gasteiger partial charge in [-0.3, -0.25) is 4.90 Å². The van der Waals surface area contributed by atoms with Crippen LogP contribution in [0.2, 0.25) is 0 Å². The van der Waals surface area contributed by atoms with Crippen molar-refractivity contribution in [2.24, 2.45) is 0 Å². The number of hydrogen-bond acceptors (Lipinski definition) is 5. The van der Waals surface area contributed by atoms with Crippen LogP contribution < -0.4 is 15.0 Å². The number of para-hydroxylation sites is 1. The summed E-state index contributed by atoms with van der Waals surface area (Å²) in [6, 6.07) is 16.5. The molecule has 0 saturated heterocycles. The second kappa shape index (κ2) is 7.88. The normalized spacial score (nSPS) is 10.4. The Kier molecular flexibility index (Phi) is 5.38. The van der Waals surface area contributed by atoms with E-state index in [4.69, 9.17) is 21.5 Å². The van der Waals surface area contributed by atoms with E-state index in [1.54, 1.807) is 36.3 Å². The lowest BCUT2D eigenvalue weighted by Crippen LogP contribution is -2.34. The van der Waals surface area contributed by atoms with Crippen molar-refractivity contribution in [1.82, 2.24) is 5.16 Å². The van der Waals surface area contributed by atoms with Gasteiger partial charge in [0.1, 0.15) is 17.3 Å². The largest absolute Gasteiger partial charge is 0.508 e. The molecule has 0 spiro atoms. The molecule has 0 unspecified atom stereocenters. The number of anilines is 2. The molecule has 0 amide bonds. The Morgan fingerprint density at radius 3 is 2.65 bits per heavy atom. The molecule has 3 rings (SSSR count). The number of phenols is 1. The second-order valence-electron chi connectivity index (χ2n) is 5.67. The number of phenolic OH excluding ortho intramolecular Hbond substituents is 1. The van der Waals surface area contributed by atoms with Crippen molar-refractivity contribution in [3.63, 3.8) is 0 Å². The van der Waals surface area contributed by atoms with Gasteiger partial charge in [0.25, 0.3) is 0 Å². The molecule has 1 aromatic heterocycles. The summed E-state index contributed by atoms with van der Waals surface area (Å²) in [5, 5.41) is 17.9. The number of aromatic nitrogens is 1. The minimum Gasteiger partial charge on any atom is -0.508 e. The van der Waals surface area contributed by atoms with Crippen molar-refractivity contribution in [3.8, 4) is 11.5 Å². The van der Waals surface area contributed by atoms with E-state index in [-0.39, 0.29) is 5.75 Å². The van der Waals surface area contributed by atoms with Crippen molar-refractivity contribution < 1.29 is 14.4 Å². The van der Waals surface area contributed by atoms with Crippen LogP contribution in [0.1, 0.15) is 11.3 Å². The number of benzene rings is 2. The zero-order valence-corrected chi connectivity index (χ0v) is 15.3. The lowest BCUT2D eigenvalue weighted by molar-refractivity contribution is 0.398. The Morgan fingerprint density at radius 1 is 1.23 bits per heavy atom. The average molecular weight is 369 g/mol. The zero-order valence-electron chi connectivity index (χ0n) is 14.5. The number of hydrogen-bond donors (Lipinski definition) is 2. The lowest BCUT2D eigenvalue weighted by Gasteiger charge is -2.24. The van der Waals surface area contributed by atoms with Crippen molar-refractivity contribution >= 4 is 28.8 Å². The summed E-state index contributed by atoms with van der Waals surface area (Å²) in [7, 11) is 1.58. The molecule has 7 heteroatoms. The summed E-state index contributed by atoms with van der Waals surface area (Å²) in [5.74, 6) is 2.02. The van der Waals surface area contributed by atoms with Gasteiger partial charge in [0.15, 0.2) is 10.9 Å². The third kappa shape index (κ3) is 4.12.